The summed E-state index contributed by atoms with van der Waals surface area (Å²) in [7, 11) is 0. The summed E-state index contributed by atoms with van der Waals surface area (Å²) in [6, 6.07) is 11.5. The third-order valence-electron chi connectivity index (χ3n) is 3.08. The van der Waals surface area contributed by atoms with Crippen LogP contribution in [0.25, 0.3) is 0 Å². The van der Waals surface area contributed by atoms with E-state index in [-0.39, 0.29) is 6.04 Å². The first kappa shape index (κ1) is 15.6. The molecular weight excluding hydrogens is 359 g/mol. The quantitative estimate of drug-likeness (QED) is 0.775. The number of nitrogens with two attached hydrogens (primary N) is 1. The topological polar surface area (TPSA) is 38.0 Å². The van der Waals surface area contributed by atoms with E-state index >= 15 is 0 Å². The number of aryl methyl sites for hydroxylation is 1. The average molecular weight is 374 g/mol. The highest BCUT2D eigenvalue weighted by atomic mass is 79.9. The fraction of sp³-hybridized carbons (Fsp3) is 0.200. The van der Waals surface area contributed by atoms with Crippen LogP contribution in [0.1, 0.15) is 17.2 Å². The van der Waals surface area contributed by atoms with Crippen molar-refractivity contribution in [3.63, 3.8) is 0 Å². The maximum atomic E-state index is 6.14. The van der Waals surface area contributed by atoms with Gasteiger partial charge in [0.25, 0.3) is 0 Å². The number of nitrogens with one attached hydrogen (secondary N) is 1. The van der Waals surface area contributed by atoms with Crippen molar-refractivity contribution in [1.29, 1.82) is 0 Å². The van der Waals surface area contributed by atoms with E-state index in [9.17, 15) is 0 Å². The second-order valence-electron chi connectivity index (χ2n) is 4.56. The molecule has 20 heavy (non-hydrogen) atoms. The van der Waals surface area contributed by atoms with Gasteiger partial charge < -0.3 is 11.1 Å². The van der Waals surface area contributed by atoms with E-state index in [1.165, 1.54) is 0 Å². The van der Waals surface area contributed by atoms with Crippen LogP contribution in [0.5, 0.6) is 0 Å². The molecule has 2 aromatic rings. The van der Waals surface area contributed by atoms with Crippen LogP contribution in [0.4, 0.5) is 5.69 Å². The Balaban J connectivity index is 2.28. The van der Waals surface area contributed by atoms with Crippen LogP contribution in [0, 0.1) is 6.92 Å². The minimum Gasteiger partial charge on any atom is -0.377 e. The zero-order valence-corrected chi connectivity index (χ0v) is 14.1. The van der Waals surface area contributed by atoms with Gasteiger partial charge in [0.2, 0.25) is 0 Å². The smallest absolute Gasteiger partial charge is 0.0647 e. The summed E-state index contributed by atoms with van der Waals surface area (Å²) in [5.41, 5.74) is 8.88. The van der Waals surface area contributed by atoms with E-state index in [1.54, 1.807) is 0 Å². The van der Waals surface area contributed by atoms with Crippen LogP contribution in [0.3, 0.4) is 0 Å². The first-order chi connectivity index (χ1) is 9.51. The Hall–Kier alpha value is -0.740. The second kappa shape index (κ2) is 6.81. The third kappa shape index (κ3) is 3.67. The molecule has 0 aliphatic rings. The van der Waals surface area contributed by atoms with Crippen molar-refractivity contribution in [2.75, 3.05) is 11.9 Å². The Morgan fingerprint density at radius 2 is 1.95 bits per heavy atom. The van der Waals surface area contributed by atoms with Crippen LogP contribution in [-0.4, -0.2) is 6.54 Å². The summed E-state index contributed by atoms with van der Waals surface area (Å²) < 4.78 is 0.975. The molecule has 2 aromatic carbocycles. The van der Waals surface area contributed by atoms with Crippen LogP contribution < -0.4 is 11.1 Å². The van der Waals surface area contributed by atoms with Crippen molar-refractivity contribution in [3.8, 4) is 0 Å². The normalized spacial score (nSPS) is 12.2. The summed E-state index contributed by atoms with van der Waals surface area (Å²) >= 11 is 15.7. The lowest BCUT2D eigenvalue weighted by atomic mass is 10.1. The number of rotatable bonds is 4. The van der Waals surface area contributed by atoms with Gasteiger partial charge in [0, 0.05) is 26.8 Å². The lowest BCUT2D eigenvalue weighted by molar-refractivity contribution is 0.786. The van der Waals surface area contributed by atoms with E-state index < -0.39 is 0 Å². The fourth-order valence-corrected chi connectivity index (χ4v) is 2.81. The summed E-state index contributed by atoms with van der Waals surface area (Å²) in [5, 5.41) is 4.80. The van der Waals surface area contributed by atoms with Gasteiger partial charge in [-0.3, -0.25) is 0 Å². The molecule has 1 unspecified atom stereocenters. The highest BCUT2D eigenvalue weighted by Crippen LogP contribution is 2.30. The molecule has 1 atom stereocenters. The van der Waals surface area contributed by atoms with Gasteiger partial charge in [-0.25, -0.2) is 0 Å². The Labute approximate surface area is 137 Å². The van der Waals surface area contributed by atoms with Crippen LogP contribution >= 0.6 is 39.1 Å². The third-order valence-corrected chi connectivity index (χ3v) is 4.45. The molecule has 0 aliphatic heterocycles. The average Bonchev–Trinajstić information content (AvgIpc) is 2.43. The lowest BCUT2D eigenvalue weighted by Gasteiger charge is -2.20. The molecular formula is C15H15BrCl2N2. The van der Waals surface area contributed by atoms with Gasteiger partial charge in [0.05, 0.1) is 6.04 Å². The van der Waals surface area contributed by atoms with Gasteiger partial charge >= 0.3 is 0 Å². The Morgan fingerprint density at radius 1 is 1.20 bits per heavy atom. The van der Waals surface area contributed by atoms with Gasteiger partial charge in [0.1, 0.15) is 0 Å². The number of hydrogen-bond donors (Lipinski definition) is 2. The molecule has 0 saturated carbocycles. The fourth-order valence-electron chi connectivity index (χ4n) is 1.93. The molecule has 5 heteroatoms. The summed E-state index contributed by atoms with van der Waals surface area (Å²) in [6.07, 6.45) is 0. The molecule has 3 N–H and O–H groups in total. The largest absolute Gasteiger partial charge is 0.377 e. The molecule has 2 nitrogen and oxygen atoms in total. The van der Waals surface area contributed by atoms with Crippen molar-refractivity contribution in [2.45, 2.75) is 13.0 Å². The van der Waals surface area contributed by atoms with Crippen molar-refractivity contribution in [3.05, 3.63) is 62.0 Å². The van der Waals surface area contributed by atoms with E-state index in [2.05, 4.69) is 21.2 Å². The zero-order chi connectivity index (χ0) is 14.7. The van der Waals surface area contributed by atoms with E-state index in [4.69, 9.17) is 28.9 Å². The van der Waals surface area contributed by atoms with Gasteiger partial charge in [0.15, 0.2) is 0 Å². The Morgan fingerprint density at radius 3 is 2.60 bits per heavy atom. The van der Waals surface area contributed by atoms with Crippen LogP contribution in [0.2, 0.25) is 10.0 Å². The van der Waals surface area contributed by atoms with Gasteiger partial charge in [-0.05, 0) is 48.4 Å². The van der Waals surface area contributed by atoms with Gasteiger partial charge in [-0.1, -0.05) is 45.2 Å². The molecule has 0 heterocycles. The number of anilines is 1. The Kier molecular flexibility index (Phi) is 5.33. The highest BCUT2D eigenvalue weighted by molar-refractivity contribution is 9.10. The minimum atomic E-state index is -0.0400. The van der Waals surface area contributed by atoms with Crippen LogP contribution in [-0.2, 0) is 0 Å². The molecule has 0 aromatic heterocycles. The molecule has 0 bridgehead atoms. The molecule has 106 valence electrons. The summed E-state index contributed by atoms with van der Waals surface area (Å²) in [5.74, 6) is 0. The predicted octanol–water partition coefficient (Wildman–Crippen LogP) is 5.18. The van der Waals surface area contributed by atoms with Crippen molar-refractivity contribution in [2.24, 2.45) is 5.73 Å². The maximum absolute atomic E-state index is 6.14. The van der Waals surface area contributed by atoms with Crippen molar-refractivity contribution in [1.82, 2.24) is 0 Å². The van der Waals surface area contributed by atoms with Gasteiger partial charge in [-0.15, -0.1) is 0 Å². The molecule has 0 aliphatic carbocycles. The van der Waals surface area contributed by atoms with E-state index in [1.807, 2.05) is 43.3 Å². The molecule has 0 spiro atoms. The van der Waals surface area contributed by atoms with Crippen molar-refractivity contribution >= 4 is 44.8 Å². The predicted molar refractivity (Wildman–Crippen MR) is 90.8 cm³/mol. The molecule has 0 fully saturated rings. The minimum absolute atomic E-state index is 0.0400. The first-order valence-corrected chi connectivity index (χ1v) is 7.74. The lowest BCUT2D eigenvalue weighted by Crippen LogP contribution is -2.21. The van der Waals surface area contributed by atoms with Crippen molar-refractivity contribution < 1.29 is 0 Å². The highest BCUT2D eigenvalue weighted by Gasteiger charge is 2.14. The van der Waals surface area contributed by atoms with E-state index in [0.717, 1.165) is 26.3 Å². The van der Waals surface area contributed by atoms with E-state index in [0.29, 0.717) is 11.6 Å². The molecule has 0 saturated heterocycles. The zero-order valence-electron chi connectivity index (χ0n) is 11.0. The molecule has 0 radical (unpaired) electrons. The van der Waals surface area contributed by atoms with Crippen LogP contribution in [0.15, 0.2) is 40.9 Å². The molecule has 2 rings (SSSR count). The second-order valence-corrected chi connectivity index (χ2v) is 6.26. The first-order valence-electron chi connectivity index (χ1n) is 6.19. The monoisotopic (exact) mass is 372 g/mol. The maximum Gasteiger partial charge on any atom is 0.0647 e. The standard InChI is InChI=1S/C15H15BrCl2N2/c1-9-2-4-11(7-14(9)18)20-15(8-19)12-6-10(17)3-5-13(12)16/h2-7,15,20H,8,19H2,1H3. The molecule has 0 amide bonds. The number of hydrogen-bond acceptors (Lipinski definition) is 2. The number of halogens is 3. The summed E-state index contributed by atoms with van der Waals surface area (Å²) in [6.45, 7) is 2.42. The number of benzene rings is 2. The SMILES string of the molecule is Cc1ccc(NC(CN)c2cc(Cl)ccc2Br)cc1Cl. The Bertz CT molecular complexity index is 617. The van der Waals surface area contributed by atoms with Gasteiger partial charge in [-0.2, -0.15) is 0 Å². The summed E-state index contributed by atoms with van der Waals surface area (Å²) in [4.78, 5) is 0.